The lowest BCUT2D eigenvalue weighted by Gasteiger charge is -2.26. The Labute approximate surface area is 109 Å². The Kier molecular flexibility index (Phi) is 3.52. The van der Waals surface area contributed by atoms with Crippen LogP contribution in [0.4, 0.5) is 0 Å². The van der Waals surface area contributed by atoms with Crippen LogP contribution in [0.15, 0.2) is 18.2 Å². The van der Waals surface area contributed by atoms with Gasteiger partial charge >= 0.3 is 0 Å². The topological polar surface area (TPSA) is 60.2 Å². The second-order valence-electron chi connectivity index (χ2n) is 5.64. The van der Waals surface area contributed by atoms with Crippen molar-refractivity contribution >= 4 is 9.84 Å². The minimum absolute atomic E-state index is 0.240. The Bertz CT molecular complexity index is 551. The zero-order valence-corrected chi connectivity index (χ0v) is 11.9. The summed E-state index contributed by atoms with van der Waals surface area (Å²) in [6.45, 7) is 4.61. The number of hydrogen-bond donors (Lipinski definition) is 1. The van der Waals surface area contributed by atoms with Crippen molar-refractivity contribution in [3.63, 3.8) is 0 Å². The highest BCUT2D eigenvalue weighted by Crippen LogP contribution is 2.35. The van der Waals surface area contributed by atoms with Crippen LogP contribution >= 0.6 is 0 Å². The molecule has 0 saturated carbocycles. The molecule has 3 nitrogen and oxygen atoms in total. The summed E-state index contributed by atoms with van der Waals surface area (Å²) < 4.78 is 23.3. The van der Waals surface area contributed by atoms with Crippen LogP contribution in [-0.2, 0) is 16.3 Å². The molecule has 0 radical (unpaired) electrons. The maximum atomic E-state index is 11.7. The van der Waals surface area contributed by atoms with E-state index in [4.69, 9.17) is 5.73 Å². The predicted octanol–water partition coefficient (Wildman–Crippen LogP) is 1.61. The molecule has 1 aromatic rings. The summed E-state index contributed by atoms with van der Waals surface area (Å²) in [5, 5.41) is 0. The van der Waals surface area contributed by atoms with Crippen LogP contribution in [0.3, 0.4) is 0 Å². The minimum atomic E-state index is -2.88. The first kappa shape index (κ1) is 13.6. The summed E-state index contributed by atoms with van der Waals surface area (Å²) in [6.07, 6.45) is 1.46. The SMILES string of the molecule is Cc1ccc(CC2(CN)CCS(=O)(=O)C2)cc1C. The molecule has 0 aromatic heterocycles. The summed E-state index contributed by atoms with van der Waals surface area (Å²) >= 11 is 0. The number of aryl methyl sites for hydroxylation is 2. The highest BCUT2D eigenvalue weighted by Gasteiger charge is 2.41. The third-order valence-corrected chi connectivity index (χ3v) is 5.93. The molecule has 100 valence electrons. The average molecular weight is 267 g/mol. The third-order valence-electron chi connectivity index (χ3n) is 4.05. The summed E-state index contributed by atoms with van der Waals surface area (Å²) in [5.41, 5.74) is 9.30. The van der Waals surface area contributed by atoms with E-state index in [0.717, 1.165) is 6.42 Å². The summed E-state index contributed by atoms with van der Waals surface area (Å²) in [7, 11) is -2.88. The Morgan fingerprint density at radius 2 is 2.00 bits per heavy atom. The summed E-state index contributed by atoms with van der Waals surface area (Å²) in [6, 6.07) is 6.33. The molecule has 1 saturated heterocycles. The lowest BCUT2D eigenvalue weighted by atomic mass is 9.81. The molecule has 1 aromatic carbocycles. The van der Waals surface area contributed by atoms with Gasteiger partial charge in [0.2, 0.25) is 0 Å². The molecular formula is C14H21NO2S. The van der Waals surface area contributed by atoms with Gasteiger partial charge in [0.1, 0.15) is 0 Å². The molecule has 0 aliphatic carbocycles. The van der Waals surface area contributed by atoms with Crippen LogP contribution in [0.2, 0.25) is 0 Å². The molecule has 0 bridgehead atoms. The van der Waals surface area contributed by atoms with Gasteiger partial charge in [0.05, 0.1) is 11.5 Å². The smallest absolute Gasteiger partial charge is 0.150 e. The van der Waals surface area contributed by atoms with Gasteiger partial charge in [0.15, 0.2) is 9.84 Å². The minimum Gasteiger partial charge on any atom is -0.330 e. The lowest BCUT2D eigenvalue weighted by Crippen LogP contribution is -2.34. The fraction of sp³-hybridized carbons (Fsp3) is 0.571. The van der Waals surface area contributed by atoms with Crippen LogP contribution in [0.1, 0.15) is 23.1 Å². The van der Waals surface area contributed by atoms with Gasteiger partial charge in [0, 0.05) is 5.41 Å². The standard InChI is InChI=1S/C14H21NO2S/c1-11-3-4-13(7-12(11)2)8-14(9-15)5-6-18(16,17)10-14/h3-4,7H,5-6,8-10,15H2,1-2H3. The molecule has 1 unspecified atom stereocenters. The number of sulfone groups is 1. The molecule has 2 rings (SSSR count). The normalized spacial score (nSPS) is 26.4. The Hall–Kier alpha value is -0.870. The van der Waals surface area contributed by atoms with E-state index >= 15 is 0 Å². The van der Waals surface area contributed by atoms with Gasteiger partial charge in [-0.15, -0.1) is 0 Å². The van der Waals surface area contributed by atoms with Crippen LogP contribution in [0, 0.1) is 19.3 Å². The van der Waals surface area contributed by atoms with Gasteiger partial charge in [0.25, 0.3) is 0 Å². The zero-order chi connectivity index (χ0) is 13.4. The number of hydrogen-bond acceptors (Lipinski definition) is 3. The van der Waals surface area contributed by atoms with Gasteiger partial charge < -0.3 is 5.73 Å². The van der Waals surface area contributed by atoms with Crippen LogP contribution in [0.25, 0.3) is 0 Å². The molecule has 2 N–H and O–H groups in total. The lowest BCUT2D eigenvalue weighted by molar-refractivity contribution is 0.344. The molecule has 1 aliphatic heterocycles. The number of benzene rings is 1. The Morgan fingerprint density at radius 3 is 2.50 bits per heavy atom. The highest BCUT2D eigenvalue weighted by atomic mass is 32.2. The first-order valence-electron chi connectivity index (χ1n) is 6.32. The molecule has 1 heterocycles. The maximum absolute atomic E-state index is 11.7. The molecule has 0 spiro atoms. The van der Waals surface area contributed by atoms with Gasteiger partial charge in [-0.05, 0) is 49.9 Å². The van der Waals surface area contributed by atoms with Gasteiger partial charge in [-0.1, -0.05) is 18.2 Å². The predicted molar refractivity (Wildman–Crippen MR) is 74.4 cm³/mol. The van der Waals surface area contributed by atoms with E-state index in [1.54, 1.807) is 0 Å². The zero-order valence-electron chi connectivity index (χ0n) is 11.1. The van der Waals surface area contributed by atoms with Crippen molar-refractivity contribution < 1.29 is 8.42 Å². The molecule has 18 heavy (non-hydrogen) atoms. The first-order chi connectivity index (χ1) is 8.36. The van der Waals surface area contributed by atoms with E-state index in [-0.39, 0.29) is 16.9 Å². The van der Waals surface area contributed by atoms with Crippen molar-refractivity contribution in [3.05, 3.63) is 34.9 Å². The van der Waals surface area contributed by atoms with E-state index in [0.29, 0.717) is 13.0 Å². The maximum Gasteiger partial charge on any atom is 0.150 e. The van der Waals surface area contributed by atoms with Crippen molar-refractivity contribution in [2.24, 2.45) is 11.1 Å². The molecular weight excluding hydrogens is 246 g/mol. The van der Waals surface area contributed by atoms with Crippen molar-refractivity contribution in [3.8, 4) is 0 Å². The van der Waals surface area contributed by atoms with Crippen molar-refractivity contribution in [2.75, 3.05) is 18.1 Å². The van der Waals surface area contributed by atoms with Crippen molar-refractivity contribution in [1.29, 1.82) is 0 Å². The third kappa shape index (κ3) is 2.75. The second kappa shape index (κ2) is 4.67. The summed E-state index contributed by atoms with van der Waals surface area (Å²) in [5.74, 6) is 0.526. The van der Waals surface area contributed by atoms with Crippen molar-refractivity contribution in [1.82, 2.24) is 0 Å². The van der Waals surface area contributed by atoms with Gasteiger partial charge in [-0.3, -0.25) is 0 Å². The van der Waals surface area contributed by atoms with Crippen LogP contribution in [0.5, 0.6) is 0 Å². The van der Waals surface area contributed by atoms with Gasteiger partial charge in [-0.25, -0.2) is 8.42 Å². The number of nitrogens with two attached hydrogens (primary N) is 1. The van der Waals surface area contributed by atoms with E-state index in [2.05, 4.69) is 32.0 Å². The fourth-order valence-electron chi connectivity index (χ4n) is 2.70. The number of rotatable bonds is 3. The Morgan fingerprint density at radius 1 is 1.28 bits per heavy atom. The molecule has 1 aliphatic rings. The monoisotopic (exact) mass is 267 g/mol. The van der Waals surface area contributed by atoms with E-state index in [1.807, 2.05) is 0 Å². The Balaban J connectivity index is 2.23. The van der Waals surface area contributed by atoms with Crippen LogP contribution in [-0.4, -0.2) is 26.5 Å². The molecule has 0 amide bonds. The molecule has 4 heteroatoms. The molecule has 1 atom stereocenters. The quantitative estimate of drug-likeness (QED) is 0.905. The van der Waals surface area contributed by atoms with Crippen molar-refractivity contribution in [2.45, 2.75) is 26.7 Å². The van der Waals surface area contributed by atoms with Crippen LogP contribution < -0.4 is 5.73 Å². The van der Waals surface area contributed by atoms with Gasteiger partial charge in [-0.2, -0.15) is 0 Å². The molecule has 1 fully saturated rings. The first-order valence-corrected chi connectivity index (χ1v) is 8.15. The fourth-order valence-corrected chi connectivity index (χ4v) is 4.89. The average Bonchev–Trinajstić information content (AvgIpc) is 2.60. The van der Waals surface area contributed by atoms with E-state index in [1.165, 1.54) is 16.7 Å². The summed E-state index contributed by atoms with van der Waals surface area (Å²) in [4.78, 5) is 0. The highest BCUT2D eigenvalue weighted by molar-refractivity contribution is 7.91. The van der Waals surface area contributed by atoms with E-state index < -0.39 is 9.84 Å². The van der Waals surface area contributed by atoms with E-state index in [9.17, 15) is 8.42 Å². The second-order valence-corrected chi connectivity index (χ2v) is 7.83. The largest absolute Gasteiger partial charge is 0.330 e.